The number of H-pyrrole nitrogens is 1. The van der Waals surface area contributed by atoms with E-state index >= 15 is 0 Å². The molecule has 0 radical (unpaired) electrons. The summed E-state index contributed by atoms with van der Waals surface area (Å²) in [4.78, 5) is 14.3. The number of sulfonamides is 1. The molecule has 0 aliphatic carbocycles. The van der Waals surface area contributed by atoms with E-state index < -0.39 is 10.0 Å². The number of nitrogens with one attached hydrogen (secondary N) is 1. The third kappa shape index (κ3) is 3.66. The van der Waals surface area contributed by atoms with Crippen LogP contribution in [-0.2, 0) is 16.6 Å². The summed E-state index contributed by atoms with van der Waals surface area (Å²) in [5.41, 5.74) is 1.82. The minimum atomic E-state index is -3.48. The van der Waals surface area contributed by atoms with Gasteiger partial charge in [0.05, 0.1) is 24.7 Å². The Bertz CT molecular complexity index is 1030. The predicted molar refractivity (Wildman–Crippen MR) is 101 cm³/mol. The number of imidazole rings is 1. The van der Waals surface area contributed by atoms with Crippen LogP contribution in [-0.4, -0.2) is 65.9 Å². The number of rotatable bonds is 5. The Morgan fingerprint density at radius 3 is 2.70 bits per heavy atom. The molecule has 1 saturated heterocycles. The van der Waals surface area contributed by atoms with E-state index in [1.54, 1.807) is 25.4 Å². The van der Waals surface area contributed by atoms with Gasteiger partial charge in [0.15, 0.2) is 0 Å². The Morgan fingerprint density at radius 2 is 2.00 bits per heavy atom. The molecule has 0 unspecified atom stereocenters. The highest BCUT2D eigenvalue weighted by molar-refractivity contribution is 7.89. The molecule has 0 spiro atoms. The second-order valence-corrected chi connectivity index (χ2v) is 8.37. The van der Waals surface area contributed by atoms with E-state index in [9.17, 15) is 8.42 Å². The molecule has 1 aromatic carbocycles. The van der Waals surface area contributed by atoms with E-state index in [-0.39, 0.29) is 4.90 Å². The molecule has 1 aliphatic heterocycles. The van der Waals surface area contributed by atoms with Crippen LogP contribution in [0, 0.1) is 0 Å². The van der Waals surface area contributed by atoms with Crippen molar-refractivity contribution < 1.29 is 13.2 Å². The van der Waals surface area contributed by atoms with Gasteiger partial charge in [0.2, 0.25) is 10.0 Å². The summed E-state index contributed by atoms with van der Waals surface area (Å²) in [6.07, 6.45) is 2.96. The summed E-state index contributed by atoms with van der Waals surface area (Å²) >= 11 is 0. The van der Waals surface area contributed by atoms with E-state index in [0.29, 0.717) is 32.7 Å². The first-order valence-corrected chi connectivity index (χ1v) is 10.2. The lowest BCUT2D eigenvalue weighted by molar-refractivity contribution is 0.178. The van der Waals surface area contributed by atoms with E-state index in [4.69, 9.17) is 4.74 Å². The molecule has 1 aliphatic rings. The standard InChI is InChI=1S/C18H21N5O3S/c1-26-14-4-5-16-17(11-14)21-18(20-16)13-22-7-9-23(10-8-22)27(24,25)15-3-2-6-19-12-15/h2-6,11-12H,7-10,13H2,1H3,(H,20,21). The summed E-state index contributed by atoms with van der Waals surface area (Å²) < 4.78 is 32.1. The molecule has 4 rings (SSSR count). The molecule has 0 amide bonds. The van der Waals surface area contributed by atoms with E-state index in [2.05, 4.69) is 19.9 Å². The molecule has 9 heteroatoms. The maximum Gasteiger partial charge on any atom is 0.244 e. The lowest BCUT2D eigenvalue weighted by Crippen LogP contribution is -2.48. The lowest BCUT2D eigenvalue weighted by atomic mass is 10.3. The van der Waals surface area contributed by atoms with Gasteiger partial charge in [0, 0.05) is 44.6 Å². The largest absolute Gasteiger partial charge is 0.497 e. The van der Waals surface area contributed by atoms with Gasteiger partial charge in [-0.2, -0.15) is 4.31 Å². The topological polar surface area (TPSA) is 91.4 Å². The number of hydrogen-bond donors (Lipinski definition) is 1. The molecule has 1 N–H and O–H groups in total. The molecule has 2 aromatic heterocycles. The third-order valence-electron chi connectivity index (χ3n) is 4.71. The Kier molecular flexibility index (Phi) is 4.81. The zero-order chi connectivity index (χ0) is 18.9. The van der Waals surface area contributed by atoms with Crippen LogP contribution in [0.2, 0.25) is 0 Å². The lowest BCUT2D eigenvalue weighted by Gasteiger charge is -2.33. The van der Waals surface area contributed by atoms with Crippen molar-refractivity contribution in [2.24, 2.45) is 0 Å². The number of fused-ring (bicyclic) bond motifs is 1. The van der Waals surface area contributed by atoms with E-state index in [1.807, 2.05) is 18.2 Å². The first kappa shape index (κ1) is 17.9. The predicted octanol–water partition coefficient (Wildman–Crippen LogP) is 1.47. The van der Waals surface area contributed by atoms with E-state index in [0.717, 1.165) is 22.6 Å². The molecular weight excluding hydrogens is 366 g/mol. The monoisotopic (exact) mass is 387 g/mol. The summed E-state index contributed by atoms with van der Waals surface area (Å²) in [7, 11) is -1.84. The number of methoxy groups -OCH3 is 1. The van der Waals surface area contributed by atoms with Gasteiger partial charge in [0.1, 0.15) is 16.5 Å². The van der Waals surface area contributed by atoms with E-state index in [1.165, 1.54) is 10.5 Å². The van der Waals surface area contributed by atoms with Gasteiger partial charge < -0.3 is 9.72 Å². The Morgan fingerprint density at radius 1 is 1.19 bits per heavy atom. The van der Waals surface area contributed by atoms with Gasteiger partial charge in [-0.1, -0.05) is 0 Å². The molecule has 1 fully saturated rings. The molecule has 8 nitrogen and oxygen atoms in total. The highest BCUT2D eigenvalue weighted by Gasteiger charge is 2.28. The molecule has 27 heavy (non-hydrogen) atoms. The van der Waals surface area contributed by atoms with Crippen molar-refractivity contribution in [3.63, 3.8) is 0 Å². The molecule has 0 saturated carbocycles. The van der Waals surface area contributed by atoms with Gasteiger partial charge in [0.25, 0.3) is 0 Å². The fourth-order valence-electron chi connectivity index (χ4n) is 3.23. The zero-order valence-corrected chi connectivity index (χ0v) is 15.8. The average Bonchev–Trinajstić information content (AvgIpc) is 3.10. The number of piperazine rings is 1. The third-order valence-corrected chi connectivity index (χ3v) is 6.60. The first-order chi connectivity index (χ1) is 13.1. The van der Waals surface area contributed by atoms with Gasteiger partial charge in [-0.15, -0.1) is 0 Å². The Labute approximate surface area is 157 Å². The van der Waals surface area contributed by atoms with Crippen molar-refractivity contribution in [1.29, 1.82) is 0 Å². The summed E-state index contributed by atoms with van der Waals surface area (Å²) in [6, 6.07) is 8.95. The van der Waals surface area contributed by atoms with Crippen LogP contribution in [0.15, 0.2) is 47.6 Å². The number of ether oxygens (including phenoxy) is 1. The second kappa shape index (κ2) is 7.26. The molecule has 0 atom stereocenters. The van der Waals surface area contributed by atoms with Gasteiger partial charge in [-0.25, -0.2) is 13.4 Å². The Balaban J connectivity index is 1.41. The van der Waals surface area contributed by atoms with Crippen LogP contribution >= 0.6 is 0 Å². The quantitative estimate of drug-likeness (QED) is 0.713. The number of pyridine rings is 1. The number of aromatic amines is 1. The Hall–Kier alpha value is -2.49. The molecular formula is C18H21N5O3S. The number of nitrogens with zero attached hydrogens (tertiary/aromatic N) is 4. The minimum Gasteiger partial charge on any atom is -0.497 e. The van der Waals surface area contributed by atoms with Crippen molar-refractivity contribution in [3.05, 3.63) is 48.5 Å². The SMILES string of the molecule is COc1ccc2nc(CN3CCN(S(=O)(=O)c4cccnc4)CC3)[nH]c2c1. The van der Waals surface area contributed by atoms with Crippen molar-refractivity contribution >= 4 is 21.1 Å². The van der Waals surface area contributed by atoms with Crippen molar-refractivity contribution in [1.82, 2.24) is 24.2 Å². The molecule has 142 valence electrons. The maximum absolute atomic E-state index is 12.7. The van der Waals surface area contributed by atoms with Gasteiger partial charge in [-0.05, 0) is 24.3 Å². The van der Waals surface area contributed by atoms with Crippen LogP contribution < -0.4 is 4.74 Å². The number of benzene rings is 1. The van der Waals surface area contributed by atoms with Crippen LogP contribution in [0.1, 0.15) is 5.82 Å². The van der Waals surface area contributed by atoms with Crippen molar-refractivity contribution in [3.8, 4) is 5.75 Å². The van der Waals surface area contributed by atoms with Crippen molar-refractivity contribution in [2.45, 2.75) is 11.4 Å². The van der Waals surface area contributed by atoms with Gasteiger partial charge in [-0.3, -0.25) is 9.88 Å². The fraction of sp³-hybridized carbons (Fsp3) is 0.333. The van der Waals surface area contributed by atoms with Crippen molar-refractivity contribution in [2.75, 3.05) is 33.3 Å². The molecule has 3 heterocycles. The maximum atomic E-state index is 12.7. The average molecular weight is 387 g/mol. The van der Waals surface area contributed by atoms with Crippen LogP contribution in [0.25, 0.3) is 11.0 Å². The smallest absolute Gasteiger partial charge is 0.244 e. The second-order valence-electron chi connectivity index (χ2n) is 6.44. The van der Waals surface area contributed by atoms with Crippen LogP contribution in [0.5, 0.6) is 5.75 Å². The summed E-state index contributed by atoms with van der Waals surface area (Å²) in [6.45, 7) is 2.86. The van der Waals surface area contributed by atoms with Crippen LogP contribution in [0.4, 0.5) is 0 Å². The zero-order valence-electron chi connectivity index (χ0n) is 15.0. The number of aromatic nitrogens is 3. The highest BCUT2D eigenvalue weighted by atomic mass is 32.2. The summed E-state index contributed by atoms with van der Waals surface area (Å²) in [5, 5.41) is 0. The normalized spacial score (nSPS) is 16.6. The van der Waals surface area contributed by atoms with Gasteiger partial charge >= 0.3 is 0 Å². The summed E-state index contributed by atoms with van der Waals surface area (Å²) in [5.74, 6) is 1.65. The van der Waals surface area contributed by atoms with Crippen LogP contribution in [0.3, 0.4) is 0 Å². The fourth-order valence-corrected chi connectivity index (χ4v) is 4.62. The molecule has 3 aromatic rings. The number of hydrogen-bond acceptors (Lipinski definition) is 6. The minimum absolute atomic E-state index is 0.240. The molecule has 0 bridgehead atoms. The highest BCUT2D eigenvalue weighted by Crippen LogP contribution is 2.20. The first-order valence-electron chi connectivity index (χ1n) is 8.71.